The van der Waals surface area contributed by atoms with Gasteiger partial charge in [-0.3, -0.25) is 14.2 Å². The Bertz CT molecular complexity index is 1100. The third-order valence-corrected chi connectivity index (χ3v) is 11.3. The summed E-state index contributed by atoms with van der Waals surface area (Å²) >= 11 is 3.33. The predicted octanol–water partition coefficient (Wildman–Crippen LogP) is 4.64. The molecule has 2 bridgehead atoms. The average molecular weight is 484 g/mol. The molecule has 5 nitrogen and oxygen atoms in total. The van der Waals surface area contributed by atoms with E-state index in [1.54, 1.807) is 0 Å². The van der Waals surface area contributed by atoms with Crippen molar-refractivity contribution in [2.45, 2.75) is 61.3 Å². The Balaban J connectivity index is 1.39. The number of hydrogen-bond acceptors (Lipinski definition) is 5. The van der Waals surface area contributed by atoms with E-state index in [-0.39, 0.29) is 23.2 Å². The number of carbonyl (C=O) groups is 1. The van der Waals surface area contributed by atoms with E-state index in [1.165, 1.54) is 53.1 Å². The number of hydrogen-bond donors (Lipinski definition) is 0. The molecule has 33 heavy (non-hydrogen) atoms. The van der Waals surface area contributed by atoms with Crippen molar-refractivity contribution in [1.82, 2.24) is 9.47 Å². The van der Waals surface area contributed by atoms with Crippen LogP contribution in [0, 0.1) is 17.8 Å². The second kappa shape index (κ2) is 8.49. The van der Waals surface area contributed by atoms with Crippen LogP contribution in [0.2, 0.25) is 0 Å². The highest BCUT2D eigenvalue weighted by atomic mass is 32.2. The highest BCUT2D eigenvalue weighted by molar-refractivity contribution is 8.00. The molecule has 4 aliphatic rings. The van der Waals surface area contributed by atoms with Gasteiger partial charge in [0.1, 0.15) is 6.54 Å². The van der Waals surface area contributed by atoms with Gasteiger partial charge in [-0.25, -0.2) is 0 Å². The molecular weight excluding hydrogens is 450 g/mol. The number of rotatable bonds is 4. The number of benzene rings is 1. The van der Waals surface area contributed by atoms with Crippen LogP contribution in [0.3, 0.4) is 0 Å². The number of piperidine rings is 1. The molecular formula is C26H33N3O2S2. The van der Waals surface area contributed by atoms with E-state index in [0.717, 1.165) is 42.8 Å². The molecule has 1 saturated heterocycles. The van der Waals surface area contributed by atoms with E-state index in [4.69, 9.17) is 0 Å². The number of amides is 1. The Morgan fingerprint density at radius 1 is 1.06 bits per heavy atom. The minimum atomic E-state index is 0.0418. The highest BCUT2D eigenvalue weighted by Gasteiger charge is 2.55. The van der Waals surface area contributed by atoms with Gasteiger partial charge in [0.25, 0.3) is 0 Å². The molecule has 2 aromatic rings. The first-order valence-electron chi connectivity index (χ1n) is 12.5. The van der Waals surface area contributed by atoms with E-state index in [2.05, 4.69) is 43.3 Å². The summed E-state index contributed by atoms with van der Waals surface area (Å²) in [6.07, 6.45) is 7.34. The van der Waals surface area contributed by atoms with Gasteiger partial charge in [-0.15, -0.1) is 11.8 Å². The van der Waals surface area contributed by atoms with Gasteiger partial charge in [-0.1, -0.05) is 23.5 Å². The fraction of sp³-hybridized carbons (Fsp3) is 0.615. The van der Waals surface area contributed by atoms with Gasteiger partial charge in [0.05, 0.1) is 5.03 Å². The lowest BCUT2D eigenvalue weighted by molar-refractivity contribution is -0.132. The molecule has 0 spiro atoms. The Kier molecular flexibility index (Phi) is 5.60. The predicted molar refractivity (Wildman–Crippen MR) is 136 cm³/mol. The van der Waals surface area contributed by atoms with Gasteiger partial charge in [-0.2, -0.15) is 0 Å². The molecule has 1 aromatic heterocycles. The zero-order valence-electron chi connectivity index (χ0n) is 19.5. The van der Waals surface area contributed by atoms with E-state index >= 15 is 0 Å². The van der Waals surface area contributed by atoms with Crippen molar-refractivity contribution in [2.75, 3.05) is 32.1 Å². The van der Waals surface area contributed by atoms with Crippen LogP contribution in [0.4, 0.5) is 5.69 Å². The molecule has 0 radical (unpaired) electrons. The molecule has 2 aliphatic carbocycles. The first kappa shape index (κ1) is 21.8. The van der Waals surface area contributed by atoms with Crippen LogP contribution >= 0.6 is 23.1 Å². The number of likely N-dealkylation sites (tertiary alicyclic amines) is 1. The summed E-state index contributed by atoms with van der Waals surface area (Å²) < 4.78 is 1.82. The van der Waals surface area contributed by atoms with Gasteiger partial charge in [0.2, 0.25) is 5.91 Å². The van der Waals surface area contributed by atoms with Crippen LogP contribution in [0.25, 0.3) is 0 Å². The quantitative estimate of drug-likeness (QED) is 0.636. The molecule has 5 atom stereocenters. The maximum Gasteiger partial charge on any atom is 0.308 e. The molecule has 6 rings (SSSR count). The fourth-order valence-electron chi connectivity index (χ4n) is 6.82. The maximum atomic E-state index is 13.2. The van der Waals surface area contributed by atoms with E-state index in [9.17, 15) is 9.59 Å². The standard InChI is InChI=1S/C26H33N3O2S2/c1-27(2)19-10-8-16(9-11-19)21-22-17-6-7-18(14-17)23(22)32-25-24(21)33-26(31)29(25)15-20(30)28-12-4-3-5-13-28/h8-11,17-18,21-23H,3-7,12-15H2,1-2H3/t17-,18-,21-,22-,23+/m0/s1. The van der Waals surface area contributed by atoms with Crippen molar-refractivity contribution >= 4 is 34.7 Å². The summed E-state index contributed by atoms with van der Waals surface area (Å²) in [6.45, 7) is 1.88. The molecule has 2 aliphatic heterocycles. The summed E-state index contributed by atoms with van der Waals surface area (Å²) in [7, 11) is 4.14. The number of anilines is 1. The number of aromatic nitrogens is 1. The lowest BCUT2D eigenvalue weighted by Crippen LogP contribution is -2.39. The first-order chi connectivity index (χ1) is 16.0. The van der Waals surface area contributed by atoms with Crippen LogP contribution in [-0.2, 0) is 11.3 Å². The van der Waals surface area contributed by atoms with Gasteiger partial charge in [-0.05, 0) is 74.0 Å². The summed E-state index contributed by atoms with van der Waals surface area (Å²) in [4.78, 5) is 31.7. The lowest BCUT2D eigenvalue weighted by atomic mass is 9.75. The van der Waals surface area contributed by atoms with Crippen LogP contribution in [-0.4, -0.2) is 47.8 Å². The molecule has 2 saturated carbocycles. The molecule has 3 heterocycles. The van der Waals surface area contributed by atoms with Crippen molar-refractivity contribution in [3.8, 4) is 0 Å². The molecule has 0 N–H and O–H groups in total. The second-order valence-electron chi connectivity index (χ2n) is 10.5. The minimum Gasteiger partial charge on any atom is -0.378 e. The number of fused-ring (bicyclic) bond motifs is 6. The molecule has 1 aromatic carbocycles. The number of thiazole rings is 1. The van der Waals surface area contributed by atoms with E-state index in [1.807, 2.05) is 21.2 Å². The summed E-state index contributed by atoms with van der Waals surface area (Å²) in [6, 6.07) is 8.96. The molecule has 3 fully saturated rings. The van der Waals surface area contributed by atoms with Crippen molar-refractivity contribution in [3.63, 3.8) is 0 Å². The largest absolute Gasteiger partial charge is 0.378 e. The average Bonchev–Trinajstić information content (AvgIpc) is 3.53. The Labute approximate surface area is 204 Å². The highest BCUT2D eigenvalue weighted by Crippen LogP contribution is 2.64. The zero-order valence-corrected chi connectivity index (χ0v) is 21.2. The number of nitrogens with zero attached hydrogens (tertiary/aromatic N) is 3. The summed E-state index contributed by atoms with van der Waals surface area (Å²) in [5.74, 6) is 2.51. The smallest absolute Gasteiger partial charge is 0.308 e. The first-order valence-corrected chi connectivity index (χ1v) is 14.2. The van der Waals surface area contributed by atoms with E-state index < -0.39 is 0 Å². The third kappa shape index (κ3) is 3.66. The monoisotopic (exact) mass is 483 g/mol. The van der Waals surface area contributed by atoms with Crippen LogP contribution < -0.4 is 9.77 Å². The minimum absolute atomic E-state index is 0.0418. The van der Waals surface area contributed by atoms with Crippen LogP contribution in [0.15, 0.2) is 34.1 Å². The van der Waals surface area contributed by atoms with Gasteiger partial charge < -0.3 is 9.80 Å². The molecule has 7 heteroatoms. The molecule has 1 amide bonds. The summed E-state index contributed by atoms with van der Waals surface area (Å²) in [5.41, 5.74) is 2.53. The number of carbonyl (C=O) groups excluding carboxylic acids is 1. The van der Waals surface area contributed by atoms with Crippen molar-refractivity contribution in [3.05, 3.63) is 44.4 Å². The Hall–Kier alpha value is -1.73. The van der Waals surface area contributed by atoms with E-state index in [0.29, 0.717) is 11.2 Å². The zero-order chi connectivity index (χ0) is 22.7. The van der Waals surface area contributed by atoms with Crippen LogP contribution in [0.1, 0.15) is 54.9 Å². The maximum absolute atomic E-state index is 13.2. The van der Waals surface area contributed by atoms with Gasteiger partial charge in [0.15, 0.2) is 0 Å². The SMILES string of the molecule is CN(C)c1ccc([C@@H]2c3sc(=O)n(CC(=O)N4CCCCC4)c3S[C@@H]3[C@H]4CC[C@@H](C4)[C@@H]23)cc1. The Morgan fingerprint density at radius 3 is 2.52 bits per heavy atom. The molecule has 0 unspecified atom stereocenters. The van der Waals surface area contributed by atoms with Crippen molar-refractivity contribution < 1.29 is 4.79 Å². The van der Waals surface area contributed by atoms with Crippen molar-refractivity contribution in [2.24, 2.45) is 17.8 Å². The summed E-state index contributed by atoms with van der Waals surface area (Å²) in [5, 5.41) is 1.66. The lowest BCUT2D eigenvalue weighted by Gasteiger charge is -2.40. The van der Waals surface area contributed by atoms with Crippen molar-refractivity contribution in [1.29, 1.82) is 0 Å². The second-order valence-corrected chi connectivity index (χ2v) is 12.7. The number of thioether (sulfide) groups is 1. The topological polar surface area (TPSA) is 45.6 Å². The molecule has 176 valence electrons. The van der Waals surface area contributed by atoms with Gasteiger partial charge in [0, 0.05) is 48.9 Å². The third-order valence-electron chi connectivity index (χ3n) is 8.46. The van der Waals surface area contributed by atoms with Gasteiger partial charge >= 0.3 is 4.87 Å². The Morgan fingerprint density at radius 2 is 1.79 bits per heavy atom. The fourth-order valence-corrected chi connectivity index (χ4v) is 9.97. The normalized spacial score (nSPS) is 30.2. The van der Waals surface area contributed by atoms with Crippen LogP contribution in [0.5, 0.6) is 0 Å².